The Labute approximate surface area is 86.3 Å². The molecule has 1 aliphatic carbocycles. The summed E-state index contributed by atoms with van der Waals surface area (Å²) in [4.78, 5) is 0. The quantitative estimate of drug-likeness (QED) is 0.759. The molecule has 2 atom stereocenters. The molecule has 0 bridgehead atoms. The van der Waals surface area contributed by atoms with Crippen LogP contribution in [0.5, 0.6) is 0 Å². The van der Waals surface area contributed by atoms with Crippen LogP contribution in [0.4, 0.5) is 0 Å². The molecule has 0 aromatic heterocycles. The zero-order valence-corrected chi connectivity index (χ0v) is 9.09. The van der Waals surface area contributed by atoms with Crippen LogP contribution in [0.15, 0.2) is 18.2 Å². The maximum absolute atomic E-state index is 5.80. The Morgan fingerprint density at radius 1 is 1.36 bits per heavy atom. The van der Waals surface area contributed by atoms with Crippen molar-refractivity contribution in [1.29, 1.82) is 0 Å². The van der Waals surface area contributed by atoms with E-state index in [9.17, 15) is 0 Å². The van der Waals surface area contributed by atoms with Crippen molar-refractivity contribution in [3.05, 3.63) is 34.9 Å². The van der Waals surface area contributed by atoms with Gasteiger partial charge in [0, 0.05) is 6.04 Å². The molecule has 0 saturated carbocycles. The number of rotatable bonds is 2. The van der Waals surface area contributed by atoms with Crippen LogP contribution < -0.4 is 5.73 Å². The van der Waals surface area contributed by atoms with E-state index in [1.54, 1.807) is 11.1 Å². The summed E-state index contributed by atoms with van der Waals surface area (Å²) in [6.45, 7) is 4.39. The van der Waals surface area contributed by atoms with E-state index in [-0.39, 0.29) is 6.04 Å². The molecule has 1 aliphatic rings. The molecule has 0 saturated heterocycles. The molecule has 14 heavy (non-hydrogen) atoms. The molecule has 0 radical (unpaired) electrons. The third-order valence-corrected chi connectivity index (χ3v) is 2.97. The van der Waals surface area contributed by atoms with Gasteiger partial charge < -0.3 is 5.73 Å². The average molecular weight is 189 g/mol. The second kappa shape index (κ2) is 3.74. The molecule has 0 heterocycles. The van der Waals surface area contributed by atoms with E-state index in [4.69, 9.17) is 5.73 Å². The molecule has 1 nitrogen and oxygen atoms in total. The van der Waals surface area contributed by atoms with Crippen LogP contribution in [0, 0.1) is 5.92 Å². The van der Waals surface area contributed by atoms with Gasteiger partial charge in [-0.25, -0.2) is 0 Å². The lowest BCUT2D eigenvalue weighted by atomic mass is 10.0. The highest BCUT2D eigenvalue weighted by Gasteiger charge is 2.17. The van der Waals surface area contributed by atoms with Gasteiger partial charge in [0.05, 0.1) is 0 Å². The van der Waals surface area contributed by atoms with Crippen molar-refractivity contribution >= 4 is 0 Å². The summed E-state index contributed by atoms with van der Waals surface area (Å²) in [5, 5.41) is 0. The largest absolute Gasteiger partial charge is 0.328 e. The Morgan fingerprint density at radius 2 is 2.07 bits per heavy atom. The van der Waals surface area contributed by atoms with Crippen molar-refractivity contribution < 1.29 is 0 Å². The molecule has 0 fully saturated rings. The summed E-state index contributed by atoms with van der Waals surface area (Å²) in [5.74, 6) is 0.829. The zero-order valence-electron chi connectivity index (χ0n) is 9.09. The molecular formula is C13H19N. The molecule has 0 aliphatic heterocycles. The van der Waals surface area contributed by atoms with Crippen molar-refractivity contribution in [2.75, 3.05) is 0 Å². The van der Waals surface area contributed by atoms with Gasteiger partial charge >= 0.3 is 0 Å². The van der Waals surface area contributed by atoms with Crippen LogP contribution in [0.25, 0.3) is 0 Å². The number of benzene rings is 1. The zero-order chi connectivity index (χ0) is 10.1. The Kier molecular flexibility index (Phi) is 2.60. The summed E-state index contributed by atoms with van der Waals surface area (Å²) in [6, 6.07) is 7.14. The Bertz CT molecular complexity index is 328. The van der Waals surface area contributed by atoms with Crippen LogP contribution in [0.1, 0.15) is 30.5 Å². The summed E-state index contributed by atoms with van der Waals surface area (Å²) >= 11 is 0. The van der Waals surface area contributed by atoms with E-state index in [0.717, 1.165) is 12.3 Å². The minimum atomic E-state index is 0.270. The highest BCUT2D eigenvalue weighted by molar-refractivity contribution is 5.36. The van der Waals surface area contributed by atoms with E-state index >= 15 is 0 Å². The van der Waals surface area contributed by atoms with Crippen LogP contribution in [-0.4, -0.2) is 6.04 Å². The van der Waals surface area contributed by atoms with E-state index in [0.29, 0.717) is 0 Å². The van der Waals surface area contributed by atoms with E-state index in [2.05, 4.69) is 32.0 Å². The lowest BCUT2D eigenvalue weighted by Crippen LogP contribution is -2.17. The Morgan fingerprint density at radius 3 is 2.79 bits per heavy atom. The van der Waals surface area contributed by atoms with Crippen molar-refractivity contribution in [2.45, 2.75) is 39.2 Å². The number of nitrogens with two attached hydrogens (primary N) is 1. The minimum Gasteiger partial charge on any atom is -0.328 e. The monoisotopic (exact) mass is 189 g/mol. The third kappa shape index (κ3) is 1.98. The van der Waals surface area contributed by atoms with Gasteiger partial charge in [-0.05, 0) is 48.8 Å². The minimum absolute atomic E-state index is 0.270. The average Bonchev–Trinajstić information content (AvgIpc) is 2.42. The molecule has 2 rings (SSSR count). The fraction of sp³-hybridized carbons (Fsp3) is 0.538. The fourth-order valence-corrected chi connectivity index (χ4v) is 2.39. The lowest BCUT2D eigenvalue weighted by Gasteiger charge is -2.07. The van der Waals surface area contributed by atoms with Crippen LogP contribution in [0.2, 0.25) is 0 Å². The Hall–Kier alpha value is -0.820. The highest BCUT2D eigenvalue weighted by atomic mass is 14.6. The second-order valence-corrected chi connectivity index (χ2v) is 4.80. The first-order chi connectivity index (χ1) is 6.65. The molecule has 1 heteroatoms. The standard InChI is InChI=1S/C13H19N/c1-9-5-12-4-3-11(7-10(2)14)8-13(12)6-9/h3-4,8-10H,5-7,14H2,1-2H3. The summed E-state index contributed by atoms with van der Waals surface area (Å²) in [7, 11) is 0. The van der Waals surface area contributed by atoms with Gasteiger partial charge in [-0.2, -0.15) is 0 Å². The van der Waals surface area contributed by atoms with Crippen LogP contribution >= 0.6 is 0 Å². The normalized spacial score (nSPS) is 22.1. The molecule has 0 amide bonds. The smallest absolute Gasteiger partial charge is 0.00509 e. The predicted octanol–water partition coefficient (Wildman–Crippen LogP) is 2.31. The second-order valence-electron chi connectivity index (χ2n) is 4.80. The maximum atomic E-state index is 5.80. The van der Waals surface area contributed by atoms with Crippen molar-refractivity contribution in [1.82, 2.24) is 0 Å². The molecule has 1 aromatic carbocycles. The summed E-state index contributed by atoms with van der Waals surface area (Å²) in [6.07, 6.45) is 3.51. The summed E-state index contributed by atoms with van der Waals surface area (Å²) < 4.78 is 0. The van der Waals surface area contributed by atoms with E-state index in [1.807, 2.05) is 0 Å². The van der Waals surface area contributed by atoms with Gasteiger partial charge in [0.1, 0.15) is 0 Å². The van der Waals surface area contributed by atoms with Gasteiger partial charge in [0.15, 0.2) is 0 Å². The molecule has 76 valence electrons. The fourth-order valence-electron chi connectivity index (χ4n) is 2.39. The maximum Gasteiger partial charge on any atom is 0.00509 e. The predicted molar refractivity (Wildman–Crippen MR) is 60.4 cm³/mol. The molecule has 0 spiro atoms. The first kappa shape index (κ1) is 9.72. The SMILES string of the molecule is CC(N)Cc1ccc2c(c1)CC(C)C2. The Balaban J connectivity index is 2.20. The van der Waals surface area contributed by atoms with Gasteiger partial charge in [0.2, 0.25) is 0 Å². The topological polar surface area (TPSA) is 26.0 Å². The van der Waals surface area contributed by atoms with E-state index in [1.165, 1.54) is 18.4 Å². The lowest BCUT2D eigenvalue weighted by molar-refractivity contribution is 0.627. The van der Waals surface area contributed by atoms with Crippen molar-refractivity contribution in [3.8, 4) is 0 Å². The van der Waals surface area contributed by atoms with Gasteiger partial charge in [0.25, 0.3) is 0 Å². The van der Waals surface area contributed by atoms with Gasteiger partial charge in [-0.3, -0.25) is 0 Å². The first-order valence-electron chi connectivity index (χ1n) is 5.51. The molecule has 2 N–H and O–H groups in total. The van der Waals surface area contributed by atoms with E-state index < -0.39 is 0 Å². The number of fused-ring (bicyclic) bond motifs is 1. The number of hydrogen-bond acceptors (Lipinski definition) is 1. The molecule has 2 unspecified atom stereocenters. The third-order valence-electron chi connectivity index (χ3n) is 2.97. The molecule has 1 aromatic rings. The van der Waals surface area contributed by atoms with Crippen molar-refractivity contribution in [3.63, 3.8) is 0 Å². The highest BCUT2D eigenvalue weighted by Crippen LogP contribution is 2.27. The van der Waals surface area contributed by atoms with Crippen LogP contribution in [-0.2, 0) is 19.3 Å². The van der Waals surface area contributed by atoms with Crippen molar-refractivity contribution in [2.24, 2.45) is 11.7 Å². The van der Waals surface area contributed by atoms with Gasteiger partial charge in [-0.15, -0.1) is 0 Å². The van der Waals surface area contributed by atoms with Crippen LogP contribution in [0.3, 0.4) is 0 Å². The van der Waals surface area contributed by atoms with Gasteiger partial charge in [-0.1, -0.05) is 25.1 Å². The summed E-state index contributed by atoms with van der Waals surface area (Å²) in [5.41, 5.74) is 10.3. The first-order valence-corrected chi connectivity index (χ1v) is 5.51. The number of hydrogen-bond donors (Lipinski definition) is 1. The molecular weight excluding hydrogens is 170 g/mol.